The number of thiazole rings is 2. The number of aryl methyl sites for hydroxylation is 1. The number of nitrogens with one attached hydrogen (secondary N) is 1. The van der Waals surface area contributed by atoms with Crippen molar-refractivity contribution >= 4 is 74.8 Å². The minimum atomic E-state index is -1.24. The maximum absolute atomic E-state index is 12.9. The summed E-state index contributed by atoms with van der Waals surface area (Å²) in [5, 5.41) is 31.0. The molecule has 2 aliphatic rings. The van der Waals surface area contributed by atoms with Crippen molar-refractivity contribution in [3.05, 3.63) is 38.6 Å². The summed E-state index contributed by atoms with van der Waals surface area (Å²) < 4.78 is 1.29. The predicted molar refractivity (Wildman–Crippen MR) is 128 cm³/mol. The molecule has 0 aliphatic carbocycles. The quantitative estimate of drug-likeness (QED) is 0.107. The van der Waals surface area contributed by atoms with Gasteiger partial charge in [0.1, 0.15) is 29.9 Å². The van der Waals surface area contributed by atoms with Crippen molar-refractivity contribution in [1.82, 2.24) is 15.2 Å². The molecule has 1 fully saturated rings. The molecule has 2 aliphatic heterocycles. The van der Waals surface area contributed by atoms with E-state index in [1.54, 1.807) is 12.3 Å². The molecule has 2 aromatic rings. The van der Waals surface area contributed by atoms with Gasteiger partial charge in [0.05, 0.1) is 5.38 Å². The number of amides is 2. The van der Waals surface area contributed by atoms with Crippen LogP contribution in [-0.2, 0) is 19.2 Å². The highest BCUT2D eigenvalue weighted by atomic mass is 32.2. The molecule has 0 spiro atoms. The summed E-state index contributed by atoms with van der Waals surface area (Å²) >= 11 is 4.96. The van der Waals surface area contributed by atoms with Crippen LogP contribution in [0.25, 0.3) is 0 Å². The molecule has 0 radical (unpaired) electrons. The van der Waals surface area contributed by atoms with Gasteiger partial charge >= 0.3 is 10.3 Å². The number of β-lactam (4-membered cyclic amide) rings is 1. The summed E-state index contributed by atoms with van der Waals surface area (Å²) in [6, 6.07) is -0.942. The van der Waals surface area contributed by atoms with E-state index in [4.69, 9.17) is 10.6 Å². The number of rotatable bonds is 8. The number of fused-ring (bicyclic) bond motifs is 1. The van der Waals surface area contributed by atoms with Gasteiger partial charge in [0.15, 0.2) is 10.8 Å². The van der Waals surface area contributed by atoms with Gasteiger partial charge in [-0.25, -0.2) is 9.78 Å². The van der Waals surface area contributed by atoms with E-state index in [1.165, 1.54) is 52.3 Å². The van der Waals surface area contributed by atoms with E-state index in [0.29, 0.717) is 21.4 Å². The third kappa shape index (κ3) is 4.45. The first kappa shape index (κ1) is 24.3. The summed E-state index contributed by atoms with van der Waals surface area (Å²) in [6.45, 7) is 1.69. The molecule has 4 N–H and O–H groups in total. The largest absolute Gasteiger partial charge is 0.617 e. The number of carbonyl (C=O) groups excluding carboxylic acids is 2. The number of nitrogen functional groups attached to an aromatic ring is 1. The van der Waals surface area contributed by atoms with Crippen LogP contribution in [0.3, 0.4) is 0 Å². The molecular formula is C18H18N6O6S4. The number of carbonyl (C=O) groups is 3. The van der Waals surface area contributed by atoms with Gasteiger partial charge in [-0.05, 0) is 17.3 Å². The minimum Gasteiger partial charge on any atom is -0.617 e. The highest BCUT2D eigenvalue weighted by molar-refractivity contribution is 8.01. The average molecular weight is 543 g/mol. The van der Waals surface area contributed by atoms with Crippen LogP contribution in [0, 0.1) is 12.1 Å². The van der Waals surface area contributed by atoms with Gasteiger partial charge in [-0.15, -0.1) is 23.1 Å². The molecule has 4 heterocycles. The van der Waals surface area contributed by atoms with Crippen molar-refractivity contribution in [2.24, 2.45) is 5.16 Å². The van der Waals surface area contributed by atoms with E-state index in [1.807, 2.05) is 0 Å². The van der Waals surface area contributed by atoms with Crippen molar-refractivity contribution in [3.8, 4) is 0 Å². The second-order valence-corrected chi connectivity index (χ2v) is 11.1. The van der Waals surface area contributed by atoms with Gasteiger partial charge in [0, 0.05) is 23.8 Å². The fraction of sp³-hybridized carbons (Fsp3) is 0.333. The Bertz CT molecular complexity index is 1220. The number of nitrogens with zero attached hydrogens (tertiary/aromatic N) is 4. The SMILES string of the molecule is CON=C(C(=O)N[C@@H]1C(=O)N2C(C(=O)O)=C(CSc3scc(C)[n+]3[O-])CS[C@@H]12)c1csc(N)n1. The second-order valence-electron chi connectivity index (χ2n) is 7.04. The molecule has 34 heavy (non-hydrogen) atoms. The van der Waals surface area contributed by atoms with Crippen LogP contribution >= 0.6 is 46.2 Å². The van der Waals surface area contributed by atoms with Gasteiger partial charge in [-0.2, -0.15) is 4.73 Å². The molecule has 2 aromatic heterocycles. The zero-order valence-corrected chi connectivity index (χ0v) is 21.0. The van der Waals surface area contributed by atoms with E-state index in [0.717, 1.165) is 16.1 Å². The topological polar surface area (TPSA) is 174 Å². The van der Waals surface area contributed by atoms with Crippen LogP contribution < -0.4 is 15.8 Å². The fourth-order valence-electron chi connectivity index (χ4n) is 3.31. The molecular weight excluding hydrogens is 525 g/mol. The van der Waals surface area contributed by atoms with Crippen LogP contribution in [0.2, 0.25) is 0 Å². The zero-order valence-electron chi connectivity index (χ0n) is 17.7. The number of aliphatic carboxylic acids is 1. The first-order chi connectivity index (χ1) is 16.2. The Kier molecular flexibility index (Phi) is 7.01. The summed E-state index contributed by atoms with van der Waals surface area (Å²) in [4.78, 5) is 47.6. The summed E-state index contributed by atoms with van der Waals surface area (Å²) in [6.07, 6.45) is 0. The van der Waals surface area contributed by atoms with Gasteiger partial charge in [0.25, 0.3) is 11.8 Å². The number of oxime groups is 1. The maximum Gasteiger partial charge on any atom is 0.352 e. The summed E-state index contributed by atoms with van der Waals surface area (Å²) in [5.41, 5.74) is 6.65. The number of anilines is 1. The van der Waals surface area contributed by atoms with Crippen LogP contribution in [0.15, 0.2) is 31.5 Å². The van der Waals surface area contributed by atoms with Gasteiger partial charge in [-0.3, -0.25) is 14.5 Å². The molecule has 12 nitrogen and oxygen atoms in total. The zero-order chi connectivity index (χ0) is 24.6. The normalized spacial score (nSPS) is 20.1. The molecule has 2 amide bonds. The van der Waals surface area contributed by atoms with Crippen molar-refractivity contribution in [1.29, 1.82) is 0 Å². The van der Waals surface area contributed by atoms with E-state index in [2.05, 4.69) is 15.5 Å². The Morgan fingerprint density at radius 3 is 2.82 bits per heavy atom. The third-order valence-corrected chi connectivity index (χ3v) is 9.27. The third-order valence-electron chi connectivity index (χ3n) is 4.88. The lowest BCUT2D eigenvalue weighted by Gasteiger charge is -2.49. The molecule has 0 aromatic carbocycles. The summed E-state index contributed by atoms with van der Waals surface area (Å²) in [7, 11) is 1.27. The minimum absolute atomic E-state index is 0.115. The van der Waals surface area contributed by atoms with Crippen LogP contribution in [-0.4, -0.2) is 68.5 Å². The Morgan fingerprint density at radius 1 is 1.47 bits per heavy atom. The first-order valence-electron chi connectivity index (χ1n) is 9.56. The second kappa shape index (κ2) is 9.81. The number of carboxylic acids is 1. The number of thioether (sulfide) groups is 2. The number of carboxylic acid groups (broad SMARTS) is 1. The number of hydrogen-bond acceptors (Lipinski definition) is 12. The Hall–Kier alpha value is -2.82. The number of hydrogen-bond donors (Lipinski definition) is 3. The lowest BCUT2D eigenvalue weighted by molar-refractivity contribution is -0.644. The van der Waals surface area contributed by atoms with Crippen molar-refractivity contribution in [2.45, 2.75) is 22.7 Å². The molecule has 180 valence electrons. The van der Waals surface area contributed by atoms with E-state index >= 15 is 0 Å². The smallest absolute Gasteiger partial charge is 0.352 e. The van der Waals surface area contributed by atoms with Crippen molar-refractivity contribution in [3.63, 3.8) is 0 Å². The predicted octanol–water partition coefficient (Wildman–Crippen LogP) is 0.610. The Morgan fingerprint density at radius 2 is 2.24 bits per heavy atom. The average Bonchev–Trinajstić information content (AvgIpc) is 3.38. The van der Waals surface area contributed by atoms with Gasteiger partial charge in [-0.1, -0.05) is 16.5 Å². The lowest BCUT2D eigenvalue weighted by atomic mass is 10.0. The highest BCUT2D eigenvalue weighted by Crippen LogP contribution is 2.41. The fourth-order valence-corrected chi connectivity index (χ4v) is 7.33. The first-order valence-corrected chi connectivity index (χ1v) is 13.4. The van der Waals surface area contributed by atoms with E-state index < -0.39 is 29.2 Å². The van der Waals surface area contributed by atoms with Gasteiger partial charge < -0.3 is 26.2 Å². The molecule has 2 atom stereocenters. The van der Waals surface area contributed by atoms with E-state index in [-0.39, 0.29) is 28.0 Å². The molecule has 0 bridgehead atoms. The van der Waals surface area contributed by atoms with Crippen LogP contribution in [0.4, 0.5) is 5.13 Å². The van der Waals surface area contributed by atoms with Crippen molar-refractivity contribution in [2.75, 3.05) is 24.3 Å². The number of nitrogens with two attached hydrogens (primary N) is 1. The summed E-state index contributed by atoms with van der Waals surface area (Å²) in [5.74, 6) is -1.90. The lowest BCUT2D eigenvalue weighted by Crippen LogP contribution is -2.71. The Labute approximate surface area is 209 Å². The molecule has 16 heteroatoms. The molecule has 0 saturated carbocycles. The molecule has 4 rings (SSSR count). The molecule has 0 unspecified atom stereocenters. The van der Waals surface area contributed by atoms with Crippen molar-refractivity contribution < 1.29 is 29.1 Å². The maximum atomic E-state index is 12.9. The van der Waals surface area contributed by atoms with Gasteiger partial charge in [0.2, 0.25) is 5.69 Å². The van der Waals surface area contributed by atoms with Crippen LogP contribution in [0.5, 0.6) is 0 Å². The van der Waals surface area contributed by atoms with E-state index in [9.17, 15) is 24.7 Å². The Balaban J connectivity index is 1.49. The number of aromatic nitrogens is 2. The molecule has 1 saturated heterocycles. The van der Waals surface area contributed by atoms with Crippen LogP contribution in [0.1, 0.15) is 11.4 Å². The monoisotopic (exact) mass is 542 g/mol. The highest BCUT2D eigenvalue weighted by Gasteiger charge is 2.54. The standard InChI is InChI=1S/C18H18N6O6S4/c1-7-3-33-18(24(7)29)34-5-8-4-31-15-11(14(26)23(15)12(8)16(27)28)21-13(25)10(22-30-2)9-6-32-17(19)20-9/h3,6,11,15H,4-5H2,1-2H3,(H2,19,20)(H,21,25)(H,27,28)/t11-,15+/m1/s1.